The molecule has 1 saturated heterocycles. The topological polar surface area (TPSA) is 24.5 Å². The smallest absolute Gasteiger partial charge is 0.0594 e. The maximum absolute atomic E-state index is 5.53. The molecule has 1 aliphatic heterocycles. The summed E-state index contributed by atoms with van der Waals surface area (Å²) in [6, 6.07) is 0.609. The van der Waals surface area contributed by atoms with Crippen molar-refractivity contribution in [2.75, 3.05) is 32.8 Å². The van der Waals surface area contributed by atoms with Gasteiger partial charge in [0, 0.05) is 24.7 Å². The Morgan fingerprint density at radius 1 is 1.15 bits per heavy atom. The lowest BCUT2D eigenvalue weighted by molar-refractivity contribution is -0.0350. The van der Waals surface area contributed by atoms with Gasteiger partial charge in [-0.05, 0) is 45.1 Å². The molecule has 3 heteroatoms. The van der Waals surface area contributed by atoms with E-state index in [1.807, 2.05) is 0 Å². The summed E-state index contributed by atoms with van der Waals surface area (Å²) < 4.78 is 5.53. The van der Waals surface area contributed by atoms with E-state index >= 15 is 0 Å². The first-order valence-corrected chi connectivity index (χ1v) is 8.62. The van der Waals surface area contributed by atoms with Gasteiger partial charge >= 0.3 is 0 Å². The van der Waals surface area contributed by atoms with E-state index in [2.05, 4.69) is 37.9 Å². The predicted octanol–water partition coefficient (Wildman–Crippen LogP) is 2.90. The van der Waals surface area contributed by atoms with Crippen molar-refractivity contribution < 1.29 is 4.74 Å². The Balaban J connectivity index is 2.05. The molecule has 1 heterocycles. The van der Waals surface area contributed by atoms with Gasteiger partial charge in [-0.3, -0.25) is 4.90 Å². The highest BCUT2D eigenvalue weighted by atomic mass is 16.5. The van der Waals surface area contributed by atoms with Crippen molar-refractivity contribution in [2.45, 2.75) is 65.0 Å². The lowest BCUT2D eigenvalue weighted by Crippen LogP contribution is -2.63. The summed E-state index contributed by atoms with van der Waals surface area (Å²) in [7, 11) is 0. The molecule has 1 unspecified atom stereocenters. The molecule has 1 saturated carbocycles. The molecule has 0 radical (unpaired) electrons. The second-order valence-electron chi connectivity index (χ2n) is 7.31. The Morgan fingerprint density at radius 3 is 2.30 bits per heavy atom. The molecule has 0 bridgehead atoms. The number of likely N-dealkylation sites (N-methyl/N-ethyl adjacent to an activating group) is 1. The molecule has 1 atom stereocenters. The Hall–Kier alpha value is -0.120. The highest BCUT2D eigenvalue weighted by molar-refractivity contribution is 4.98. The minimum atomic E-state index is 0.227. The molecule has 2 aliphatic rings. The minimum absolute atomic E-state index is 0.227. The van der Waals surface area contributed by atoms with Crippen LogP contribution in [0, 0.1) is 11.8 Å². The average molecular weight is 282 g/mol. The molecule has 1 N–H and O–H groups in total. The molecule has 20 heavy (non-hydrogen) atoms. The fraction of sp³-hybridized carbons (Fsp3) is 1.00. The van der Waals surface area contributed by atoms with Crippen LogP contribution in [-0.2, 0) is 4.74 Å². The molecule has 0 aromatic carbocycles. The Labute approximate surface area is 125 Å². The highest BCUT2D eigenvalue weighted by Gasteiger charge is 2.40. The minimum Gasteiger partial charge on any atom is -0.379 e. The first-order valence-electron chi connectivity index (χ1n) is 8.62. The summed E-state index contributed by atoms with van der Waals surface area (Å²) in [4.78, 5) is 2.64. The van der Waals surface area contributed by atoms with Gasteiger partial charge in [0.25, 0.3) is 0 Å². The van der Waals surface area contributed by atoms with Gasteiger partial charge in [0.05, 0.1) is 13.2 Å². The molecule has 3 nitrogen and oxygen atoms in total. The second-order valence-corrected chi connectivity index (χ2v) is 7.31. The normalized spacial score (nSPS) is 31.2. The van der Waals surface area contributed by atoms with Crippen LogP contribution in [-0.4, -0.2) is 49.3 Å². The van der Waals surface area contributed by atoms with Gasteiger partial charge in [-0.2, -0.15) is 0 Å². The van der Waals surface area contributed by atoms with E-state index in [1.54, 1.807) is 0 Å². The molecule has 118 valence electrons. The Kier molecular flexibility index (Phi) is 5.88. The second kappa shape index (κ2) is 7.24. The van der Waals surface area contributed by atoms with E-state index in [0.717, 1.165) is 44.7 Å². The fourth-order valence-electron chi connectivity index (χ4n) is 4.17. The number of nitrogens with zero attached hydrogens (tertiary/aromatic N) is 1. The zero-order valence-corrected chi connectivity index (χ0v) is 14.0. The van der Waals surface area contributed by atoms with Crippen LogP contribution in [0.1, 0.15) is 53.4 Å². The van der Waals surface area contributed by atoms with Crippen LogP contribution in [0.2, 0.25) is 0 Å². The third kappa shape index (κ3) is 3.75. The summed E-state index contributed by atoms with van der Waals surface area (Å²) in [5.74, 6) is 1.77. The van der Waals surface area contributed by atoms with Crippen LogP contribution >= 0.6 is 0 Å². The van der Waals surface area contributed by atoms with E-state index in [1.165, 1.54) is 25.7 Å². The first kappa shape index (κ1) is 16.3. The maximum Gasteiger partial charge on any atom is 0.0594 e. The van der Waals surface area contributed by atoms with Gasteiger partial charge in [0.2, 0.25) is 0 Å². The number of hydrogen-bond acceptors (Lipinski definition) is 3. The van der Waals surface area contributed by atoms with Crippen LogP contribution < -0.4 is 5.32 Å². The van der Waals surface area contributed by atoms with Gasteiger partial charge in [-0.1, -0.05) is 26.7 Å². The Bertz CT molecular complexity index is 279. The number of hydrogen-bond donors (Lipinski definition) is 1. The van der Waals surface area contributed by atoms with Crippen molar-refractivity contribution in [3.63, 3.8) is 0 Å². The molecule has 0 amide bonds. The molecule has 0 aromatic heterocycles. The summed E-state index contributed by atoms with van der Waals surface area (Å²) in [6.45, 7) is 14.5. The zero-order chi connectivity index (χ0) is 14.6. The van der Waals surface area contributed by atoms with E-state index < -0.39 is 0 Å². The van der Waals surface area contributed by atoms with Gasteiger partial charge in [0.1, 0.15) is 0 Å². The molecular weight excluding hydrogens is 248 g/mol. The van der Waals surface area contributed by atoms with Crippen LogP contribution in [0.25, 0.3) is 0 Å². The molecule has 0 spiro atoms. The zero-order valence-electron chi connectivity index (χ0n) is 14.0. The molecule has 1 aliphatic carbocycles. The van der Waals surface area contributed by atoms with Crippen molar-refractivity contribution in [2.24, 2.45) is 11.8 Å². The lowest BCUT2D eigenvalue weighted by atomic mass is 9.73. The number of morpholine rings is 1. The van der Waals surface area contributed by atoms with E-state index in [0.29, 0.717) is 6.04 Å². The number of ether oxygens (including phenoxy) is 1. The van der Waals surface area contributed by atoms with Crippen LogP contribution in [0.5, 0.6) is 0 Å². The van der Waals surface area contributed by atoms with Gasteiger partial charge in [0.15, 0.2) is 0 Å². The van der Waals surface area contributed by atoms with Gasteiger partial charge in [-0.15, -0.1) is 0 Å². The standard InChI is InChI=1S/C17H34N2O/c1-5-18-16(15-8-6-14(2)7-9-15)17(3,4)19-10-12-20-13-11-19/h14-16,18H,5-13H2,1-4H3. The van der Waals surface area contributed by atoms with Crippen LogP contribution in [0.4, 0.5) is 0 Å². The highest BCUT2D eigenvalue weighted by Crippen LogP contribution is 2.36. The maximum atomic E-state index is 5.53. The third-order valence-corrected chi connectivity index (χ3v) is 5.54. The summed E-state index contributed by atoms with van der Waals surface area (Å²) in [5.41, 5.74) is 0.227. The van der Waals surface area contributed by atoms with Crippen LogP contribution in [0.3, 0.4) is 0 Å². The first-order chi connectivity index (χ1) is 9.55. The van der Waals surface area contributed by atoms with Gasteiger partial charge in [-0.25, -0.2) is 0 Å². The molecule has 2 fully saturated rings. The van der Waals surface area contributed by atoms with E-state index in [-0.39, 0.29) is 5.54 Å². The predicted molar refractivity (Wildman–Crippen MR) is 85.1 cm³/mol. The quantitative estimate of drug-likeness (QED) is 0.839. The number of nitrogens with one attached hydrogen (secondary N) is 1. The summed E-state index contributed by atoms with van der Waals surface area (Å²) in [6.07, 6.45) is 5.61. The number of rotatable bonds is 5. The average Bonchev–Trinajstić information content (AvgIpc) is 2.47. The SMILES string of the molecule is CCNC(C1CCC(C)CC1)C(C)(C)N1CCOCC1. The Morgan fingerprint density at radius 2 is 1.75 bits per heavy atom. The van der Waals surface area contributed by atoms with E-state index in [9.17, 15) is 0 Å². The molecular formula is C17H34N2O. The van der Waals surface area contributed by atoms with Crippen molar-refractivity contribution >= 4 is 0 Å². The molecule has 0 aromatic rings. The fourth-order valence-corrected chi connectivity index (χ4v) is 4.17. The van der Waals surface area contributed by atoms with Crippen molar-refractivity contribution in [1.29, 1.82) is 0 Å². The monoisotopic (exact) mass is 282 g/mol. The van der Waals surface area contributed by atoms with Crippen molar-refractivity contribution in [1.82, 2.24) is 10.2 Å². The lowest BCUT2D eigenvalue weighted by Gasteiger charge is -2.49. The van der Waals surface area contributed by atoms with Crippen LogP contribution in [0.15, 0.2) is 0 Å². The summed E-state index contributed by atoms with van der Waals surface area (Å²) >= 11 is 0. The van der Waals surface area contributed by atoms with Crippen molar-refractivity contribution in [3.05, 3.63) is 0 Å². The largest absolute Gasteiger partial charge is 0.379 e. The summed E-state index contributed by atoms with van der Waals surface area (Å²) in [5, 5.41) is 3.82. The van der Waals surface area contributed by atoms with Crippen molar-refractivity contribution in [3.8, 4) is 0 Å². The van der Waals surface area contributed by atoms with E-state index in [4.69, 9.17) is 4.74 Å². The third-order valence-electron chi connectivity index (χ3n) is 5.54. The molecule has 2 rings (SSSR count). The van der Waals surface area contributed by atoms with Gasteiger partial charge < -0.3 is 10.1 Å².